The van der Waals surface area contributed by atoms with Crippen molar-refractivity contribution in [2.75, 3.05) is 5.75 Å². The van der Waals surface area contributed by atoms with Gasteiger partial charge in [-0.15, -0.1) is 10.2 Å². The summed E-state index contributed by atoms with van der Waals surface area (Å²) in [5, 5.41) is 21.2. The molecule has 0 unspecified atom stereocenters. The van der Waals surface area contributed by atoms with E-state index in [1.165, 1.54) is 17.8 Å². The Hall–Kier alpha value is -2.40. The topological polar surface area (TPSA) is 83.6 Å². The van der Waals surface area contributed by atoms with Crippen molar-refractivity contribution in [1.29, 1.82) is 5.26 Å². The molecule has 0 bridgehead atoms. The van der Waals surface area contributed by atoms with Crippen LogP contribution in [0.4, 0.5) is 4.39 Å². The van der Waals surface area contributed by atoms with E-state index in [0.29, 0.717) is 16.5 Å². The molecular formula is C19H20FN5OS. The Morgan fingerprint density at radius 3 is 2.74 bits per heavy atom. The Kier molecular flexibility index (Phi) is 4.64. The van der Waals surface area contributed by atoms with Gasteiger partial charge in [0.1, 0.15) is 11.4 Å². The van der Waals surface area contributed by atoms with Crippen LogP contribution < -0.4 is 5.32 Å². The Morgan fingerprint density at radius 2 is 2.11 bits per heavy atom. The molecule has 1 heterocycles. The first-order valence-electron chi connectivity index (χ1n) is 9.06. The first-order valence-corrected chi connectivity index (χ1v) is 10.1. The van der Waals surface area contributed by atoms with E-state index in [1.54, 1.807) is 25.1 Å². The van der Waals surface area contributed by atoms with Gasteiger partial charge in [-0.2, -0.15) is 5.26 Å². The van der Waals surface area contributed by atoms with Gasteiger partial charge in [0.05, 0.1) is 17.4 Å². The Balaban J connectivity index is 1.49. The summed E-state index contributed by atoms with van der Waals surface area (Å²) in [6.07, 6.45) is 3.93. The highest BCUT2D eigenvalue weighted by Crippen LogP contribution is 2.42. The molecule has 0 spiro atoms. The molecule has 1 aromatic carbocycles. The molecule has 1 aromatic heterocycles. The van der Waals surface area contributed by atoms with E-state index in [4.69, 9.17) is 0 Å². The maximum Gasteiger partial charge on any atom is 0.231 e. The molecule has 1 N–H and O–H groups in total. The molecule has 1 atom stereocenters. The van der Waals surface area contributed by atoms with Crippen LogP contribution in [0.3, 0.4) is 0 Å². The van der Waals surface area contributed by atoms with Gasteiger partial charge in [0.15, 0.2) is 11.0 Å². The average Bonchev–Trinajstić information content (AvgIpc) is 3.57. The maximum absolute atomic E-state index is 14.2. The van der Waals surface area contributed by atoms with E-state index in [-0.39, 0.29) is 29.4 Å². The zero-order valence-corrected chi connectivity index (χ0v) is 15.8. The number of amides is 1. The fraction of sp³-hybridized carbons (Fsp3) is 0.474. The summed E-state index contributed by atoms with van der Waals surface area (Å²) < 4.78 is 16.1. The minimum atomic E-state index is -0.805. The number of benzene rings is 1. The monoisotopic (exact) mass is 385 g/mol. The molecule has 4 rings (SSSR count). The lowest BCUT2D eigenvalue weighted by Gasteiger charge is -2.22. The van der Waals surface area contributed by atoms with Gasteiger partial charge >= 0.3 is 0 Å². The number of carbonyl (C=O) groups is 1. The lowest BCUT2D eigenvalue weighted by Crippen LogP contribution is -2.47. The van der Waals surface area contributed by atoms with E-state index in [2.05, 4.69) is 21.6 Å². The van der Waals surface area contributed by atoms with Gasteiger partial charge in [-0.05, 0) is 50.7 Å². The van der Waals surface area contributed by atoms with Gasteiger partial charge in [0.25, 0.3) is 0 Å². The number of hydrogen-bond donors (Lipinski definition) is 1. The van der Waals surface area contributed by atoms with Crippen molar-refractivity contribution in [2.45, 2.75) is 49.3 Å². The third kappa shape index (κ3) is 3.69. The lowest BCUT2D eigenvalue weighted by molar-refractivity contribution is -0.119. The third-order valence-electron chi connectivity index (χ3n) is 5.05. The molecule has 2 aliphatic rings. The Morgan fingerprint density at radius 1 is 1.37 bits per heavy atom. The highest BCUT2D eigenvalue weighted by Gasteiger charge is 2.43. The number of nitrogens with zero attached hydrogens (tertiary/aromatic N) is 4. The lowest BCUT2D eigenvalue weighted by atomic mass is 9.98. The normalized spacial score (nSPS) is 18.6. The SMILES string of the molecule is C[C@](C#N)(NC(=O)CSc1nnc(-c2ccccc2F)n1C1CC1)C1CC1. The first-order chi connectivity index (χ1) is 13.0. The quantitative estimate of drug-likeness (QED) is 0.739. The zero-order chi connectivity index (χ0) is 19.0. The summed E-state index contributed by atoms with van der Waals surface area (Å²) in [7, 11) is 0. The van der Waals surface area contributed by atoms with E-state index in [1.807, 2.05) is 4.57 Å². The van der Waals surface area contributed by atoms with Gasteiger partial charge in [-0.3, -0.25) is 9.36 Å². The summed E-state index contributed by atoms with van der Waals surface area (Å²) in [6, 6.07) is 8.97. The standard InChI is InChI=1S/C19H20FN5OS/c1-19(11-21,12-6-7-12)22-16(26)10-27-18-24-23-17(25(18)13-8-9-13)14-4-2-3-5-15(14)20/h2-5,12-13H,6-10H2,1H3,(H,22,26)/t19-/m1/s1. The molecule has 2 aromatic rings. The predicted molar refractivity (Wildman–Crippen MR) is 99.3 cm³/mol. The molecule has 0 aliphatic heterocycles. The molecule has 2 aliphatic carbocycles. The van der Waals surface area contributed by atoms with Crippen LogP contribution in [0.2, 0.25) is 0 Å². The predicted octanol–water partition coefficient (Wildman–Crippen LogP) is 3.32. The third-order valence-corrected chi connectivity index (χ3v) is 5.99. The van der Waals surface area contributed by atoms with E-state index in [0.717, 1.165) is 25.7 Å². The van der Waals surface area contributed by atoms with Crippen LogP contribution in [0.5, 0.6) is 0 Å². The van der Waals surface area contributed by atoms with Crippen molar-refractivity contribution in [3.05, 3.63) is 30.1 Å². The smallest absolute Gasteiger partial charge is 0.231 e. The second-order valence-corrected chi connectivity index (χ2v) is 8.25. The molecular weight excluding hydrogens is 365 g/mol. The molecule has 0 radical (unpaired) electrons. The zero-order valence-electron chi connectivity index (χ0n) is 15.0. The minimum Gasteiger partial charge on any atom is -0.337 e. The van der Waals surface area contributed by atoms with Crippen molar-refractivity contribution in [3.8, 4) is 17.5 Å². The molecule has 6 nitrogen and oxygen atoms in total. The van der Waals surface area contributed by atoms with Gasteiger partial charge in [0.2, 0.25) is 5.91 Å². The number of rotatable bonds is 7. The fourth-order valence-electron chi connectivity index (χ4n) is 3.20. The van der Waals surface area contributed by atoms with Crippen LogP contribution >= 0.6 is 11.8 Å². The van der Waals surface area contributed by atoms with Gasteiger partial charge in [-0.25, -0.2) is 4.39 Å². The van der Waals surface area contributed by atoms with Crippen molar-refractivity contribution >= 4 is 17.7 Å². The van der Waals surface area contributed by atoms with E-state index in [9.17, 15) is 14.4 Å². The van der Waals surface area contributed by atoms with Gasteiger partial charge in [0, 0.05) is 6.04 Å². The number of nitrogens with one attached hydrogen (secondary N) is 1. The van der Waals surface area contributed by atoms with Crippen LogP contribution in [0, 0.1) is 23.1 Å². The number of aromatic nitrogens is 3. The first kappa shape index (κ1) is 18.0. The Bertz CT molecular complexity index is 915. The maximum atomic E-state index is 14.2. The van der Waals surface area contributed by atoms with Crippen LogP contribution in [-0.2, 0) is 4.79 Å². The van der Waals surface area contributed by atoms with Crippen molar-refractivity contribution in [1.82, 2.24) is 20.1 Å². The fourth-order valence-corrected chi connectivity index (χ4v) is 4.01. The number of carbonyl (C=O) groups excluding carboxylic acids is 1. The highest BCUT2D eigenvalue weighted by atomic mass is 32.2. The molecule has 2 fully saturated rings. The molecule has 27 heavy (non-hydrogen) atoms. The number of nitriles is 1. The van der Waals surface area contributed by atoms with Crippen LogP contribution in [0.25, 0.3) is 11.4 Å². The van der Waals surface area contributed by atoms with Crippen LogP contribution in [-0.4, -0.2) is 32.0 Å². The minimum absolute atomic E-state index is 0.145. The second-order valence-electron chi connectivity index (χ2n) is 7.31. The van der Waals surface area contributed by atoms with Crippen molar-refractivity contribution < 1.29 is 9.18 Å². The number of halogens is 1. The van der Waals surface area contributed by atoms with Crippen molar-refractivity contribution in [3.63, 3.8) is 0 Å². The van der Waals surface area contributed by atoms with E-state index < -0.39 is 5.54 Å². The summed E-state index contributed by atoms with van der Waals surface area (Å²) in [6.45, 7) is 1.77. The molecule has 1 amide bonds. The molecule has 8 heteroatoms. The highest BCUT2D eigenvalue weighted by molar-refractivity contribution is 7.99. The second kappa shape index (κ2) is 6.97. The molecule has 2 saturated carbocycles. The van der Waals surface area contributed by atoms with Crippen molar-refractivity contribution in [2.24, 2.45) is 5.92 Å². The summed E-state index contributed by atoms with van der Waals surface area (Å²) in [5.74, 6) is 0.341. The molecule has 0 saturated heterocycles. The van der Waals surface area contributed by atoms with Crippen LogP contribution in [0.15, 0.2) is 29.4 Å². The number of thioether (sulfide) groups is 1. The summed E-state index contributed by atoms with van der Waals surface area (Å²) in [4.78, 5) is 12.4. The summed E-state index contributed by atoms with van der Waals surface area (Å²) >= 11 is 1.27. The average molecular weight is 385 g/mol. The number of hydrogen-bond acceptors (Lipinski definition) is 5. The van der Waals surface area contributed by atoms with Crippen LogP contribution in [0.1, 0.15) is 38.6 Å². The Labute approximate surface area is 161 Å². The van der Waals surface area contributed by atoms with Gasteiger partial charge in [-0.1, -0.05) is 23.9 Å². The van der Waals surface area contributed by atoms with Gasteiger partial charge < -0.3 is 5.32 Å². The largest absolute Gasteiger partial charge is 0.337 e. The van der Waals surface area contributed by atoms with E-state index >= 15 is 0 Å². The summed E-state index contributed by atoms with van der Waals surface area (Å²) in [5.41, 5.74) is -0.390. The molecule has 140 valence electrons.